The average Bonchev–Trinajstić information content (AvgIpc) is 2.57. The van der Waals surface area contributed by atoms with Crippen LogP contribution in [0.15, 0.2) is 36.4 Å². The van der Waals surface area contributed by atoms with Gasteiger partial charge in [-0.1, -0.05) is 32.9 Å². The zero-order valence-corrected chi connectivity index (χ0v) is 15.6. The molecule has 4 heteroatoms. The van der Waals surface area contributed by atoms with E-state index in [2.05, 4.69) is 39.0 Å². The third-order valence-corrected chi connectivity index (χ3v) is 3.85. The van der Waals surface area contributed by atoms with E-state index in [1.54, 1.807) is 25.3 Å². The minimum atomic E-state index is 0.00463. The number of hydrogen-bond donors (Lipinski definition) is 0. The average molecular weight is 339 g/mol. The minimum Gasteiger partial charge on any atom is -0.497 e. The van der Waals surface area contributed by atoms with Crippen molar-refractivity contribution in [3.8, 4) is 23.3 Å². The van der Waals surface area contributed by atoms with E-state index in [0.29, 0.717) is 30.3 Å². The first kappa shape index (κ1) is 18.7. The number of aryl methyl sites for hydroxylation is 1. The second kappa shape index (κ2) is 7.94. The molecular weight excluding hydrogens is 314 g/mol. The molecule has 0 unspecified atom stereocenters. The van der Waals surface area contributed by atoms with Crippen LogP contribution in [0.2, 0.25) is 0 Å². The Bertz CT molecular complexity index is 770. The van der Waals surface area contributed by atoms with Gasteiger partial charge >= 0.3 is 0 Å². The predicted octanol–water partition coefficient (Wildman–Crippen LogP) is 4.63. The fraction of sp³-hybridized carbons (Fsp3) is 0.381. The summed E-state index contributed by atoms with van der Waals surface area (Å²) in [7, 11) is 1.58. The molecule has 2 rings (SSSR count). The lowest BCUT2D eigenvalue weighted by Crippen LogP contribution is -2.16. The van der Waals surface area contributed by atoms with Gasteiger partial charge in [-0.3, -0.25) is 0 Å². The van der Waals surface area contributed by atoms with Crippen LogP contribution in [0.5, 0.6) is 17.2 Å². The minimum absolute atomic E-state index is 0.00463. The van der Waals surface area contributed by atoms with Crippen molar-refractivity contribution >= 4 is 0 Å². The van der Waals surface area contributed by atoms with E-state index in [0.717, 1.165) is 16.9 Å². The molecule has 0 radical (unpaired) electrons. The van der Waals surface area contributed by atoms with Gasteiger partial charge in [0.25, 0.3) is 0 Å². The lowest BCUT2D eigenvalue weighted by molar-refractivity contribution is 0.213. The summed E-state index contributed by atoms with van der Waals surface area (Å²) in [4.78, 5) is 0. The fourth-order valence-corrected chi connectivity index (χ4v) is 2.51. The van der Waals surface area contributed by atoms with Crippen LogP contribution in [0.3, 0.4) is 0 Å². The standard InChI is InChI=1S/C21H25NO3/c1-15-6-9-18(21(2,3)4)20(12-15)25-11-10-24-19-13-17(23-5)8-7-16(19)14-22/h6-9,12-13H,10-11H2,1-5H3. The zero-order chi connectivity index (χ0) is 18.4. The van der Waals surface area contributed by atoms with E-state index in [1.807, 2.05) is 13.0 Å². The van der Waals surface area contributed by atoms with Gasteiger partial charge in [0, 0.05) is 6.07 Å². The van der Waals surface area contributed by atoms with Gasteiger partial charge in [-0.25, -0.2) is 0 Å². The monoisotopic (exact) mass is 339 g/mol. The molecule has 0 aliphatic carbocycles. The molecule has 0 bridgehead atoms. The van der Waals surface area contributed by atoms with Gasteiger partial charge < -0.3 is 14.2 Å². The van der Waals surface area contributed by atoms with Crippen molar-refractivity contribution in [1.29, 1.82) is 5.26 Å². The molecule has 2 aromatic carbocycles. The van der Waals surface area contributed by atoms with Gasteiger partial charge in [-0.2, -0.15) is 5.26 Å². The van der Waals surface area contributed by atoms with Crippen LogP contribution in [0.1, 0.15) is 37.5 Å². The van der Waals surface area contributed by atoms with Crippen LogP contribution in [0.4, 0.5) is 0 Å². The first-order valence-corrected chi connectivity index (χ1v) is 8.30. The number of hydrogen-bond acceptors (Lipinski definition) is 4. The number of nitriles is 1. The predicted molar refractivity (Wildman–Crippen MR) is 98.6 cm³/mol. The second-order valence-electron chi connectivity index (χ2n) is 6.92. The number of benzene rings is 2. The van der Waals surface area contributed by atoms with Gasteiger partial charge in [0.2, 0.25) is 0 Å². The maximum atomic E-state index is 9.17. The highest BCUT2D eigenvalue weighted by molar-refractivity contribution is 5.47. The van der Waals surface area contributed by atoms with E-state index in [-0.39, 0.29) is 5.41 Å². The van der Waals surface area contributed by atoms with Gasteiger partial charge in [0.15, 0.2) is 0 Å². The fourth-order valence-electron chi connectivity index (χ4n) is 2.51. The Kier molecular flexibility index (Phi) is 5.93. The van der Waals surface area contributed by atoms with Crippen molar-refractivity contribution in [3.05, 3.63) is 53.1 Å². The summed E-state index contributed by atoms with van der Waals surface area (Å²) in [6.45, 7) is 9.28. The molecule has 0 saturated carbocycles. The number of ether oxygens (including phenoxy) is 3. The van der Waals surface area contributed by atoms with Gasteiger partial charge in [0.1, 0.15) is 36.5 Å². The largest absolute Gasteiger partial charge is 0.497 e. The summed E-state index contributed by atoms with van der Waals surface area (Å²) < 4.78 is 16.9. The summed E-state index contributed by atoms with van der Waals surface area (Å²) in [6.07, 6.45) is 0. The van der Waals surface area contributed by atoms with Crippen LogP contribution in [-0.4, -0.2) is 20.3 Å². The topological polar surface area (TPSA) is 51.5 Å². The van der Waals surface area contributed by atoms with Crippen LogP contribution in [0, 0.1) is 18.3 Å². The van der Waals surface area contributed by atoms with E-state index in [1.165, 1.54) is 0 Å². The highest BCUT2D eigenvalue weighted by atomic mass is 16.5. The van der Waals surface area contributed by atoms with Crippen LogP contribution in [-0.2, 0) is 5.41 Å². The normalized spacial score (nSPS) is 10.9. The molecule has 2 aromatic rings. The van der Waals surface area contributed by atoms with Crippen molar-refractivity contribution in [2.75, 3.05) is 20.3 Å². The van der Waals surface area contributed by atoms with Crippen molar-refractivity contribution in [3.63, 3.8) is 0 Å². The second-order valence-corrected chi connectivity index (χ2v) is 6.92. The van der Waals surface area contributed by atoms with E-state index in [9.17, 15) is 5.26 Å². The lowest BCUT2D eigenvalue weighted by atomic mass is 9.86. The van der Waals surface area contributed by atoms with E-state index in [4.69, 9.17) is 14.2 Å². The van der Waals surface area contributed by atoms with Crippen LogP contribution < -0.4 is 14.2 Å². The highest BCUT2D eigenvalue weighted by Crippen LogP contribution is 2.32. The Morgan fingerprint density at radius 3 is 2.24 bits per heavy atom. The highest BCUT2D eigenvalue weighted by Gasteiger charge is 2.19. The summed E-state index contributed by atoms with van der Waals surface area (Å²) >= 11 is 0. The van der Waals surface area contributed by atoms with Gasteiger partial charge in [0.05, 0.1) is 12.7 Å². The summed E-state index contributed by atoms with van der Waals surface area (Å²) in [6, 6.07) is 13.5. The molecule has 0 atom stereocenters. The molecule has 0 N–H and O–H groups in total. The lowest BCUT2D eigenvalue weighted by Gasteiger charge is -2.23. The number of nitrogens with zero attached hydrogens (tertiary/aromatic N) is 1. The smallest absolute Gasteiger partial charge is 0.140 e. The molecule has 132 valence electrons. The molecular formula is C21H25NO3. The Hall–Kier alpha value is -2.67. The molecule has 0 aliphatic heterocycles. The first-order valence-electron chi connectivity index (χ1n) is 8.30. The summed E-state index contributed by atoms with van der Waals surface area (Å²) in [5, 5.41) is 9.17. The van der Waals surface area contributed by atoms with Crippen LogP contribution >= 0.6 is 0 Å². The Labute approximate surface area is 150 Å². The third-order valence-electron chi connectivity index (χ3n) is 3.85. The Morgan fingerprint density at radius 2 is 1.64 bits per heavy atom. The SMILES string of the molecule is COc1ccc(C#N)c(OCCOc2cc(C)ccc2C(C)(C)C)c1. The third kappa shape index (κ3) is 4.90. The quantitative estimate of drug-likeness (QED) is 0.720. The van der Waals surface area contributed by atoms with Crippen molar-refractivity contribution in [2.45, 2.75) is 33.1 Å². The molecule has 0 saturated heterocycles. The van der Waals surface area contributed by atoms with Crippen molar-refractivity contribution in [2.24, 2.45) is 0 Å². The van der Waals surface area contributed by atoms with Crippen LogP contribution in [0.25, 0.3) is 0 Å². The molecule has 0 spiro atoms. The zero-order valence-electron chi connectivity index (χ0n) is 15.6. The number of methoxy groups -OCH3 is 1. The van der Waals surface area contributed by atoms with Crippen molar-refractivity contribution < 1.29 is 14.2 Å². The maximum absolute atomic E-state index is 9.17. The summed E-state index contributed by atoms with van der Waals surface area (Å²) in [5.74, 6) is 2.04. The van der Waals surface area contributed by atoms with Crippen molar-refractivity contribution in [1.82, 2.24) is 0 Å². The molecule has 0 fully saturated rings. The molecule has 25 heavy (non-hydrogen) atoms. The first-order chi connectivity index (χ1) is 11.8. The maximum Gasteiger partial charge on any atom is 0.140 e. The van der Waals surface area contributed by atoms with E-state index < -0.39 is 0 Å². The molecule has 0 heterocycles. The van der Waals surface area contributed by atoms with Gasteiger partial charge in [-0.05, 0) is 41.7 Å². The molecule has 0 aromatic heterocycles. The Balaban J connectivity index is 2.03. The summed E-state index contributed by atoms with van der Waals surface area (Å²) in [5.41, 5.74) is 2.80. The van der Waals surface area contributed by atoms with Gasteiger partial charge in [-0.15, -0.1) is 0 Å². The molecule has 0 amide bonds. The number of rotatable bonds is 6. The Morgan fingerprint density at radius 1 is 0.960 bits per heavy atom. The molecule has 0 aliphatic rings. The van der Waals surface area contributed by atoms with E-state index >= 15 is 0 Å². The molecule has 4 nitrogen and oxygen atoms in total.